The van der Waals surface area contributed by atoms with E-state index in [0.29, 0.717) is 42.6 Å². The summed E-state index contributed by atoms with van der Waals surface area (Å²) >= 11 is 0. The third kappa shape index (κ3) is 7.25. The van der Waals surface area contributed by atoms with E-state index in [1.165, 1.54) is 7.11 Å². The highest BCUT2D eigenvalue weighted by molar-refractivity contribution is 5.99. The van der Waals surface area contributed by atoms with Crippen LogP contribution < -0.4 is 20.9 Å². The number of hydrogen-bond acceptors (Lipinski definition) is 10. The molecular weight excluding hydrogens is 540 g/mol. The zero-order valence-electron chi connectivity index (χ0n) is 23.4. The Labute approximate surface area is 242 Å². The highest BCUT2D eigenvalue weighted by Gasteiger charge is 2.30. The first-order valence-corrected chi connectivity index (χ1v) is 13.6. The number of benzene rings is 2. The van der Waals surface area contributed by atoms with Gasteiger partial charge in [-0.2, -0.15) is 5.10 Å². The molecule has 2 amide bonds. The predicted molar refractivity (Wildman–Crippen MR) is 154 cm³/mol. The molecule has 13 nitrogen and oxygen atoms in total. The normalized spacial score (nSPS) is 12.5. The van der Waals surface area contributed by atoms with E-state index in [0.717, 1.165) is 18.4 Å². The lowest BCUT2D eigenvalue weighted by Gasteiger charge is -2.16. The van der Waals surface area contributed by atoms with Crippen LogP contribution in [0.15, 0.2) is 60.9 Å². The minimum atomic E-state index is -0.600. The Balaban J connectivity index is 1.34. The molecule has 42 heavy (non-hydrogen) atoms. The lowest BCUT2D eigenvalue weighted by molar-refractivity contribution is -0.117. The molecule has 0 aliphatic heterocycles. The largest absolute Gasteiger partial charge is 0.494 e. The van der Waals surface area contributed by atoms with Crippen LogP contribution in [0.3, 0.4) is 0 Å². The van der Waals surface area contributed by atoms with Gasteiger partial charge in [-0.1, -0.05) is 36.4 Å². The molecule has 2 aromatic carbocycles. The monoisotopic (exact) mass is 572 g/mol. The summed E-state index contributed by atoms with van der Waals surface area (Å²) in [5.41, 5.74) is 4.85. The number of nitrogens with one attached hydrogen (secondary N) is 3. The Hall–Kier alpha value is -4.88. The van der Waals surface area contributed by atoms with E-state index in [4.69, 9.17) is 14.3 Å². The Morgan fingerprint density at radius 2 is 1.88 bits per heavy atom. The zero-order chi connectivity index (χ0) is 29.3. The van der Waals surface area contributed by atoms with Crippen LogP contribution in [0.4, 0.5) is 17.2 Å². The van der Waals surface area contributed by atoms with Crippen molar-refractivity contribution in [2.24, 2.45) is 5.92 Å². The van der Waals surface area contributed by atoms with E-state index >= 15 is 0 Å². The SMILES string of the molecule is CCONC(=O)c1nnc(NC(=O)C2CC2)cc1Nc1cccc(-c2ncn(CCOCc3ccccc3)n2)c1OC. The molecule has 2 heterocycles. The molecule has 0 saturated heterocycles. The molecule has 0 atom stereocenters. The van der Waals surface area contributed by atoms with Crippen molar-refractivity contribution in [3.05, 3.63) is 72.2 Å². The second-order valence-corrected chi connectivity index (χ2v) is 9.50. The molecule has 13 heteroatoms. The lowest BCUT2D eigenvalue weighted by Crippen LogP contribution is -2.26. The number of nitrogens with zero attached hydrogens (tertiary/aromatic N) is 5. The van der Waals surface area contributed by atoms with Crippen molar-refractivity contribution in [2.45, 2.75) is 32.9 Å². The second kappa shape index (κ2) is 13.7. The molecule has 218 valence electrons. The predicted octanol–water partition coefficient (Wildman–Crippen LogP) is 3.73. The first-order valence-electron chi connectivity index (χ1n) is 13.6. The fourth-order valence-corrected chi connectivity index (χ4v) is 4.10. The third-order valence-electron chi connectivity index (χ3n) is 6.36. The summed E-state index contributed by atoms with van der Waals surface area (Å²) < 4.78 is 13.2. The summed E-state index contributed by atoms with van der Waals surface area (Å²) in [6.45, 7) is 3.52. The van der Waals surface area contributed by atoms with E-state index in [1.54, 1.807) is 30.1 Å². The summed E-state index contributed by atoms with van der Waals surface area (Å²) in [5, 5.41) is 18.6. The van der Waals surface area contributed by atoms with E-state index in [1.807, 2.05) is 42.5 Å². The number of ether oxygens (including phenoxy) is 2. The molecule has 1 aliphatic carbocycles. The van der Waals surface area contributed by atoms with Crippen molar-refractivity contribution in [1.29, 1.82) is 0 Å². The quantitative estimate of drug-likeness (QED) is 0.150. The molecule has 4 aromatic rings. The van der Waals surface area contributed by atoms with Gasteiger partial charge in [0.15, 0.2) is 23.1 Å². The molecule has 1 aliphatic rings. The Kier molecular flexibility index (Phi) is 9.31. The van der Waals surface area contributed by atoms with Gasteiger partial charge in [-0.15, -0.1) is 10.2 Å². The van der Waals surface area contributed by atoms with Crippen LogP contribution in [-0.4, -0.2) is 57.1 Å². The smallest absolute Gasteiger partial charge is 0.297 e. The Morgan fingerprint density at radius 3 is 2.64 bits per heavy atom. The first-order chi connectivity index (χ1) is 20.6. The molecule has 5 rings (SSSR count). The topological polar surface area (TPSA) is 154 Å². The fourth-order valence-electron chi connectivity index (χ4n) is 4.10. The van der Waals surface area contributed by atoms with Crippen molar-refractivity contribution in [3.8, 4) is 17.1 Å². The summed E-state index contributed by atoms with van der Waals surface area (Å²) in [6, 6.07) is 16.9. The van der Waals surface area contributed by atoms with Gasteiger partial charge in [-0.05, 0) is 37.5 Å². The van der Waals surface area contributed by atoms with Crippen LogP contribution in [0.1, 0.15) is 35.8 Å². The number of hydroxylamine groups is 1. The maximum atomic E-state index is 12.8. The molecular formula is C29H32N8O5. The highest BCUT2D eigenvalue weighted by atomic mass is 16.6. The molecule has 0 radical (unpaired) electrons. The van der Waals surface area contributed by atoms with Crippen LogP contribution in [0.2, 0.25) is 0 Å². The summed E-state index contributed by atoms with van der Waals surface area (Å²) in [5.74, 6) is 0.367. The third-order valence-corrected chi connectivity index (χ3v) is 6.36. The number of aromatic nitrogens is 5. The highest BCUT2D eigenvalue weighted by Crippen LogP contribution is 2.37. The number of carbonyl (C=O) groups excluding carboxylic acids is 2. The van der Waals surface area contributed by atoms with Crippen LogP contribution in [0.5, 0.6) is 5.75 Å². The van der Waals surface area contributed by atoms with Crippen molar-refractivity contribution in [2.75, 3.05) is 31.0 Å². The second-order valence-electron chi connectivity index (χ2n) is 9.50. The molecule has 0 spiro atoms. The van der Waals surface area contributed by atoms with Gasteiger partial charge in [0.25, 0.3) is 5.91 Å². The maximum Gasteiger partial charge on any atom is 0.297 e. The van der Waals surface area contributed by atoms with Gasteiger partial charge in [-0.25, -0.2) is 10.5 Å². The molecule has 1 saturated carbocycles. The molecule has 0 unspecified atom stereocenters. The van der Waals surface area contributed by atoms with Crippen molar-refractivity contribution >= 4 is 29.0 Å². The summed E-state index contributed by atoms with van der Waals surface area (Å²) in [7, 11) is 1.53. The molecule has 0 bridgehead atoms. The molecule has 1 fully saturated rings. The Bertz CT molecular complexity index is 1520. The number of para-hydroxylation sites is 1. The van der Waals surface area contributed by atoms with E-state index < -0.39 is 5.91 Å². The van der Waals surface area contributed by atoms with Gasteiger partial charge >= 0.3 is 0 Å². The van der Waals surface area contributed by atoms with Crippen LogP contribution in [0, 0.1) is 5.92 Å². The minimum absolute atomic E-state index is 0.0244. The number of hydrogen-bond donors (Lipinski definition) is 3. The summed E-state index contributed by atoms with van der Waals surface area (Å²) in [4.78, 5) is 34.6. The lowest BCUT2D eigenvalue weighted by atomic mass is 10.1. The fraction of sp³-hybridized carbons (Fsp3) is 0.310. The maximum absolute atomic E-state index is 12.8. The van der Waals surface area contributed by atoms with Crippen molar-refractivity contribution in [1.82, 2.24) is 30.4 Å². The van der Waals surface area contributed by atoms with Gasteiger partial charge < -0.3 is 20.1 Å². The van der Waals surface area contributed by atoms with Gasteiger partial charge in [0.1, 0.15) is 6.33 Å². The van der Waals surface area contributed by atoms with Crippen LogP contribution in [-0.2, 0) is 27.5 Å². The summed E-state index contributed by atoms with van der Waals surface area (Å²) in [6.07, 6.45) is 3.32. The van der Waals surface area contributed by atoms with Gasteiger partial charge in [0, 0.05) is 12.0 Å². The molecule has 2 aromatic heterocycles. The van der Waals surface area contributed by atoms with Crippen LogP contribution in [0.25, 0.3) is 11.4 Å². The van der Waals surface area contributed by atoms with Gasteiger partial charge in [0.05, 0.1) is 50.4 Å². The number of rotatable bonds is 14. The van der Waals surface area contributed by atoms with E-state index in [2.05, 4.69) is 36.4 Å². The number of carbonyl (C=O) groups is 2. The van der Waals surface area contributed by atoms with Crippen molar-refractivity contribution in [3.63, 3.8) is 0 Å². The number of anilines is 3. The van der Waals surface area contributed by atoms with Crippen LogP contribution >= 0.6 is 0 Å². The number of methoxy groups -OCH3 is 1. The number of amides is 2. The first kappa shape index (κ1) is 28.6. The van der Waals surface area contributed by atoms with E-state index in [9.17, 15) is 9.59 Å². The van der Waals surface area contributed by atoms with Crippen molar-refractivity contribution < 1.29 is 23.9 Å². The average Bonchev–Trinajstić information content (AvgIpc) is 3.77. The molecule has 3 N–H and O–H groups in total. The van der Waals surface area contributed by atoms with E-state index in [-0.39, 0.29) is 35.6 Å². The Morgan fingerprint density at radius 1 is 1.05 bits per heavy atom. The average molecular weight is 573 g/mol. The zero-order valence-corrected chi connectivity index (χ0v) is 23.4. The minimum Gasteiger partial charge on any atom is -0.494 e. The standard InChI is InChI=1S/C29H32N8O5/c1-3-42-36-29(39)25-23(16-24(33-34-25)32-28(38)20-12-13-20)31-22-11-7-10-21(26(22)40-2)27-30-18-37(35-27)14-15-41-17-19-8-5-4-6-9-19/h4-11,16,18,20H,3,12-15,17H2,1-2H3,(H,36,39)(H2,31,32,33,38). The van der Waals surface area contributed by atoms with Gasteiger partial charge in [0.2, 0.25) is 5.91 Å². The van der Waals surface area contributed by atoms with Gasteiger partial charge in [-0.3, -0.25) is 19.1 Å².